The first-order valence-corrected chi connectivity index (χ1v) is 10.4. The van der Waals surface area contributed by atoms with Gasteiger partial charge >= 0.3 is 0 Å². The van der Waals surface area contributed by atoms with Crippen LogP contribution in [0, 0.1) is 18.6 Å². The zero-order chi connectivity index (χ0) is 21.8. The molecule has 0 radical (unpaired) electrons. The summed E-state index contributed by atoms with van der Waals surface area (Å²) in [4.78, 5) is 17.2. The predicted molar refractivity (Wildman–Crippen MR) is 123 cm³/mol. The lowest BCUT2D eigenvalue weighted by Gasteiger charge is -2.08. The van der Waals surface area contributed by atoms with Gasteiger partial charge in [-0.05, 0) is 43.8 Å². The second-order valence-electron chi connectivity index (χ2n) is 7.48. The number of nitrogens with one attached hydrogen (secondary N) is 1. The van der Waals surface area contributed by atoms with Gasteiger partial charge < -0.3 is 4.57 Å². The van der Waals surface area contributed by atoms with Crippen molar-refractivity contribution in [2.24, 2.45) is 4.99 Å². The third kappa shape index (κ3) is 4.95. The Labute approximate surface area is 185 Å². The molecule has 7 heteroatoms. The van der Waals surface area contributed by atoms with Crippen molar-refractivity contribution in [3.8, 4) is 11.4 Å². The number of aromatic nitrogens is 4. The van der Waals surface area contributed by atoms with Crippen molar-refractivity contribution in [2.75, 3.05) is 0 Å². The van der Waals surface area contributed by atoms with Crippen molar-refractivity contribution in [3.05, 3.63) is 99.9 Å². The van der Waals surface area contributed by atoms with Gasteiger partial charge in [0.25, 0.3) is 5.91 Å². The number of aromatic amines is 1. The van der Waals surface area contributed by atoms with Crippen LogP contribution in [0.3, 0.4) is 0 Å². The molecular formula is C24H23N5OS. The highest BCUT2D eigenvalue weighted by atomic mass is 32.1. The molecule has 4 rings (SSSR count). The maximum Gasteiger partial charge on any atom is 0.267 e. The van der Waals surface area contributed by atoms with Gasteiger partial charge in [0.1, 0.15) is 12.0 Å². The third-order valence-corrected chi connectivity index (χ3v) is 5.30. The van der Waals surface area contributed by atoms with Gasteiger partial charge in [0.2, 0.25) is 0 Å². The van der Waals surface area contributed by atoms with Crippen LogP contribution < -0.4 is 5.49 Å². The Morgan fingerprint density at radius 3 is 2.39 bits per heavy atom. The summed E-state index contributed by atoms with van der Waals surface area (Å²) in [6.07, 6.45) is 1.92. The van der Waals surface area contributed by atoms with E-state index in [1.165, 1.54) is 5.56 Å². The van der Waals surface area contributed by atoms with E-state index in [4.69, 9.17) is 12.2 Å². The normalized spacial score (nSPS) is 11.6. The molecule has 0 atom stereocenters. The Morgan fingerprint density at radius 2 is 1.68 bits per heavy atom. The van der Waals surface area contributed by atoms with Crippen molar-refractivity contribution in [3.63, 3.8) is 0 Å². The molecule has 2 aromatic carbocycles. The van der Waals surface area contributed by atoms with E-state index in [1.54, 1.807) is 4.57 Å². The molecule has 0 bridgehead atoms. The molecular weight excluding hydrogens is 406 g/mol. The molecule has 4 aromatic rings. The second-order valence-corrected chi connectivity index (χ2v) is 7.87. The number of carbonyl (C=O) groups is 1. The highest BCUT2D eigenvalue weighted by molar-refractivity contribution is 7.71. The van der Waals surface area contributed by atoms with Crippen molar-refractivity contribution in [2.45, 2.75) is 26.9 Å². The lowest BCUT2D eigenvalue weighted by Crippen LogP contribution is -2.23. The van der Waals surface area contributed by atoms with Crippen LogP contribution in [-0.4, -0.2) is 25.2 Å². The minimum Gasteiger partial charge on any atom is -0.328 e. The predicted octanol–water partition coefficient (Wildman–Crippen LogP) is 4.20. The number of pyridine rings is 1. The molecule has 0 aliphatic rings. The average molecular weight is 430 g/mol. The van der Waals surface area contributed by atoms with Crippen molar-refractivity contribution in [1.29, 1.82) is 0 Å². The van der Waals surface area contributed by atoms with Crippen LogP contribution in [0.15, 0.2) is 77.9 Å². The van der Waals surface area contributed by atoms with Gasteiger partial charge in [-0.2, -0.15) is 10.1 Å². The van der Waals surface area contributed by atoms with E-state index >= 15 is 0 Å². The maximum atomic E-state index is 12.8. The van der Waals surface area contributed by atoms with Gasteiger partial charge in [-0.25, -0.2) is 0 Å². The van der Waals surface area contributed by atoms with Gasteiger partial charge in [0.15, 0.2) is 10.6 Å². The van der Waals surface area contributed by atoms with Gasteiger partial charge in [-0.3, -0.25) is 14.5 Å². The topological polar surface area (TPSA) is 68.0 Å². The van der Waals surface area contributed by atoms with E-state index < -0.39 is 0 Å². The summed E-state index contributed by atoms with van der Waals surface area (Å²) in [7, 11) is 0. The number of carbonyl (C=O) groups excluding carboxylic acids is 1. The third-order valence-electron chi connectivity index (χ3n) is 4.99. The molecule has 0 saturated heterocycles. The Balaban J connectivity index is 1.61. The van der Waals surface area contributed by atoms with Crippen molar-refractivity contribution in [1.82, 2.24) is 19.3 Å². The summed E-state index contributed by atoms with van der Waals surface area (Å²) in [5, 5.41) is 7.09. The van der Waals surface area contributed by atoms with E-state index in [0.29, 0.717) is 22.6 Å². The van der Waals surface area contributed by atoms with Crippen LogP contribution in [-0.2, 0) is 17.9 Å². The zero-order valence-corrected chi connectivity index (χ0v) is 18.3. The quantitative estimate of drug-likeness (QED) is 0.484. The minimum absolute atomic E-state index is 0.0119. The van der Waals surface area contributed by atoms with Gasteiger partial charge in [-0.15, -0.1) is 0 Å². The number of amides is 1. The molecule has 0 unspecified atom stereocenters. The number of benzene rings is 2. The molecule has 2 heterocycles. The van der Waals surface area contributed by atoms with Crippen LogP contribution in [0.2, 0.25) is 0 Å². The molecule has 0 spiro atoms. The zero-order valence-electron chi connectivity index (χ0n) is 17.4. The van der Waals surface area contributed by atoms with Crippen LogP contribution in [0.4, 0.5) is 0 Å². The smallest absolute Gasteiger partial charge is 0.267 e. The summed E-state index contributed by atoms with van der Waals surface area (Å²) in [6, 6.07) is 21.9. The minimum atomic E-state index is -0.297. The van der Waals surface area contributed by atoms with Crippen molar-refractivity contribution < 1.29 is 4.79 Å². The first-order valence-electron chi connectivity index (χ1n) is 10.0. The number of nitrogens with zero attached hydrogens (tertiary/aromatic N) is 4. The molecule has 156 valence electrons. The molecule has 31 heavy (non-hydrogen) atoms. The molecule has 6 nitrogen and oxygen atoms in total. The lowest BCUT2D eigenvalue weighted by atomic mass is 10.1. The summed E-state index contributed by atoms with van der Waals surface area (Å²) in [6.45, 7) is 4.73. The fraction of sp³-hybridized carbons (Fsp3) is 0.167. The fourth-order valence-electron chi connectivity index (χ4n) is 3.28. The lowest BCUT2D eigenvalue weighted by molar-refractivity contribution is -0.118. The van der Waals surface area contributed by atoms with E-state index in [1.807, 2.05) is 60.2 Å². The van der Waals surface area contributed by atoms with Gasteiger partial charge in [-0.1, -0.05) is 65.7 Å². The summed E-state index contributed by atoms with van der Waals surface area (Å²) in [5.74, 6) is 0.323. The van der Waals surface area contributed by atoms with Crippen LogP contribution in [0.1, 0.15) is 16.7 Å². The SMILES string of the molecule is Cc1ccc(Cn2ccccc2=NC(=O)Cn2c(-c3ccc(C)cc3)n[nH]c2=S)cc1. The standard InChI is InChI=1S/C24H23N5OS/c1-17-6-10-19(11-7-17)15-28-14-4-3-5-21(28)25-22(30)16-29-23(26-27-24(29)31)20-12-8-18(2)9-13-20/h3-14H,15-16H2,1-2H3,(H,27,31). The number of aryl methyl sites for hydroxylation is 2. The van der Waals surface area contributed by atoms with E-state index in [-0.39, 0.29) is 12.5 Å². The summed E-state index contributed by atoms with van der Waals surface area (Å²) >= 11 is 5.35. The number of hydrogen-bond donors (Lipinski definition) is 1. The average Bonchev–Trinajstić information content (AvgIpc) is 3.12. The first kappa shape index (κ1) is 20.7. The Kier molecular flexibility index (Phi) is 6.04. The number of rotatable bonds is 5. The molecule has 1 amide bonds. The van der Waals surface area contributed by atoms with Gasteiger partial charge in [0, 0.05) is 18.3 Å². The fourth-order valence-corrected chi connectivity index (χ4v) is 3.48. The Morgan fingerprint density at radius 1 is 1.00 bits per heavy atom. The van der Waals surface area contributed by atoms with Crippen molar-refractivity contribution >= 4 is 18.1 Å². The van der Waals surface area contributed by atoms with Gasteiger partial charge in [0.05, 0.1) is 0 Å². The maximum absolute atomic E-state index is 12.8. The summed E-state index contributed by atoms with van der Waals surface area (Å²) < 4.78 is 4.02. The van der Waals surface area contributed by atoms with Crippen LogP contribution in [0.5, 0.6) is 0 Å². The molecule has 1 N–H and O–H groups in total. The summed E-state index contributed by atoms with van der Waals surface area (Å²) in [5.41, 5.74) is 4.99. The Bertz CT molecular complexity index is 1330. The Hall–Kier alpha value is -3.58. The monoisotopic (exact) mass is 429 g/mol. The van der Waals surface area contributed by atoms with E-state index in [0.717, 1.165) is 16.7 Å². The highest BCUT2D eigenvalue weighted by Crippen LogP contribution is 2.18. The van der Waals surface area contributed by atoms with Crippen LogP contribution in [0.25, 0.3) is 11.4 Å². The second kappa shape index (κ2) is 9.06. The molecule has 0 aliphatic carbocycles. The van der Waals surface area contributed by atoms with E-state index in [2.05, 4.69) is 46.4 Å². The highest BCUT2D eigenvalue weighted by Gasteiger charge is 2.12. The first-order chi connectivity index (χ1) is 15.0. The molecule has 2 aromatic heterocycles. The largest absolute Gasteiger partial charge is 0.328 e. The van der Waals surface area contributed by atoms with E-state index in [9.17, 15) is 4.79 Å². The molecule has 0 aliphatic heterocycles. The molecule has 0 saturated carbocycles. The number of hydrogen-bond acceptors (Lipinski definition) is 3. The molecule has 0 fully saturated rings. The van der Waals surface area contributed by atoms with Crippen LogP contribution >= 0.6 is 12.2 Å². The number of H-pyrrole nitrogens is 1.